The number of hydrogen-bond donors (Lipinski definition) is 3. The third-order valence-electron chi connectivity index (χ3n) is 9.78. The smallest absolute Gasteiger partial charge is 0.472 e. The topological polar surface area (TPSA) is 172 Å². The highest BCUT2D eigenvalue weighted by molar-refractivity contribution is 7.47. The van der Waals surface area contributed by atoms with Crippen molar-refractivity contribution in [2.45, 2.75) is 206 Å². The highest BCUT2D eigenvalue weighted by atomic mass is 31.2. The zero-order chi connectivity index (χ0) is 44.2. The fourth-order valence-electron chi connectivity index (χ4n) is 6.16. The van der Waals surface area contributed by atoms with E-state index < -0.39 is 51.1 Å². The van der Waals surface area contributed by atoms with Gasteiger partial charge in [-0.05, 0) is 51.4 Å². The molecule has 60 heavy (non-hydrogen) atoms. The first-order chi connectivity index (χ1) is 29.1. The van der Waals surface area contributed by atoms with Crippen LogP contribution in [0.5, 0.6) is 0 Å². The predicted molar refractivity (Wildman–Crippen MR) is 245 cm³/mol. The van der Waals surface area contributed by atoms with Crippen LogP contribution >= 0.6 is 7.82 Å². The lowest BCUT2D eigenvalue weighted by Crippen LogP contribution is -2.34. The molecule has 0 saturated carbocycles. The minimum Gasteiger partial charge on any atom is -0.480 e. The maximum Gasteiger partial charge on any atom is 0.472 e. The Morgan fingerprint density at radius 1 is 0.533 bits per heavy atom. The van der Waals surface area contributed by atoms with Gasteiger partial charge in [-0.2, -0.15) is 0 Å². The number of carboxylic acid groups (broad SMARTS) is 1. The van der Waals surface area contributed by atoms with E-state index in [4.69, 9.17) is 24.8 Å². The first-order valence-electron chi connectivity index (χ1n) is 23.3. The molecule has 0 heterocycles. The molecule has 0 aliphatic rings. The minimum absolute atomic E-state index is 0.0822. The molecule has 0 aromatic carbocycles. The normalized spacial score (nSPS) is 14.2. The van der Waals surface area contributed by atoms with Crippen molar-refractivity contribution in [2.24, 2.45) is 5.73 Å². The van der Waals surface area contributed by atoms with Gasteiger partial charge in [-0.25, -0.2) is 4.57 Å². The summed E-state index contributed by atoms with van der Waals surface area (Å²) in [4.78, 5) is 46.0. The van der Waals surface area contributed by atoms with Gasteiger partial charge < -0.3 is 25.2 Å². The van der Waals surface area contributed by atoms with Gasteiger partial charge >= 0.3 is 25.7 Å². The number of hydrogen-bond acceptors (Lipinski definition) is 9. The van der Waals surface area contributed by atoms with Gasteiger partial charge in [0, 0.05) is 12.8 Å². The number of carbonyl (C=O) groups excluding carboxylic acids is 2. The fraction of sp³-hybridized carbons (Fsp3) is 0.729. The molecule has 0 fully saturated rings. The third kappa shape index (κ3) is 41.9. The Morgan fingerprint density at radius 2 is 0.933 bits per heavy atom. The standard InChI is InChI=1S/C48H84NO10P/c1-3-5-7-9-11-13-15-17-19-21-22-24-25-27-29-31-33-35-37-39-46(50)56-41-44(42-57-60(54,55)58-43-45(49)48(52)53)59-47(51)40-38-36-34-32-30-28-26-23-20-18-16-14-12-10-8-6-4-2/h6,8,12,14,18,20,26,28,32,34,44-45H,3-5,7,9-11,13,15-17,19,21-25,27,29-31,33,35-43,49H2,1-2H3,(H,52,53)(H,54,55)/b8-6+,14-12+,20-18+,28-26+,34-32+/t44-,45+/m1/s1. The molecule has 3 atom stereocenters. The maximum absolute atomic E-state index is 12.6. The number of nitrogens with two attached hydrogens (primary N) is 1. The number of phosphoric acid groups is 1. The van der Waals surface area contributed by atoms with Gasteiger partial charge in [0.1, 0.15) is 12.6 Å². The van der Waals surface area contributed by atoms with Gasteiger partial charge in [0.05, 0.1) is 13.2 Å². The molecule has 0 radical (unpaired) electrons. The number of esters is 2. The minimum atomic E-state index is -4.73. The van der Waals surface area contributed by atoms with E-state index in [9.17, 15) is 23.8 Å². The first-order valence-corrected chi connectivity index (χ1v) is 24.8. The van der Waals surface area contributed by atoms with E-state index in [2.05, 4.69) is 67.0 Å². The number of carbonyl (C=O) groups is 3. The Hall–Kier alpha value is -2.82. The third-order valence-corrected chi connectivity index (χ3v) is 10.7. The van der Waals surface area contributed by atoms with Crippen LogP contribution in [0.25, 0.3) is 0 Å². The summed E-state index contributed by atoms with van der Waals surface area (Å²) in [6.07, 6.45) is 50.1. The zero-order valence-corrected chi connectivity index (χ0v) is 38.4. The number of phosphoric ester groups is 1. The Labute approximate surface area is 364 Å². The molecule has 0 amide bonds. The summed E-state index contributed by atoms with van der Waals surface area (Å²) in [5, 5.41) is 8.90. The summed E-state index contributed by atoms with van der Waals surface area (Å²) >= 11 is 0. The molecule has 1 unspecified atom stereocenters. The molecule has 346 valence electrons. The van der Waals surface area contributed by atoms with Gasteiger partial charge in [0.15, 0.2) is 6.10 Å². The average Bonchev–Trinajstić information content (AvgIpc) is 3.22. The maximum atomic E-state index is 12.6. The van der Waals surface area contributed by atoms with E-state index in [0.717, 1.165) is 51.4 Å². The number of unbranched alkanes of at least 4 members (excludes halogenated alkanes) is 19. The second-order valence-corrected chi connectivity index (χ2v) is 17.0. The van der Waals surface area contributed by atoms with Crippen molar-refractivity contribution in [3.05, 3.63) is 60.8 Å². The summed E-state index contributed by atoms with van der Waals surface area (Å²) in [6.45, 7) is 2.65. The molecule has 0 aliphatic carbocycles. The monoisotopic (exact) mass is 866 g/mol. The molecule has 0 aromatic heterocycles. The van der Waals surface area contributed by atoms with E-state index in [-0.39, 0.29) is 19.4 Å². The Bertz CT molecular complexity index is 1250. The summed E-state index contributed by atoms with van der Waals surface area (Å²) in [5.74, 6) is -2.45. The highest BCUT2D eigenvalue weighted by Crippen LogP contribution is 2.43. The number of rotatable bonds is 43. The van der Waals surface area contributed by atoms with Crippen molar-refractivity contribution in [1.29, 1.82) is 0 Å². The summed E-state index contributed by atoms with van der Waals surface area (Å²) < 4.78 is 32.7. The molecule has 0 rings (SSSR count). The summed E-state index contributed by atoms with van der Waals surface area (Å²) in [7, 11) is -4.73. The van der Waals surface area contributed by atoms with Gasteiger partial charge in [-0.15, -0.1) is 0 Å². The summed E-state index contributed by atoms with van der Waals surface area (Å²) in [6, 6.07) is -1.53. The van der Waals surface area contributed by atoms with Crippen molar-refractivity contribution in [3.8, 4) is 0 Å². The van der Waals surface area contributed by atoms with Crippen LogP contribution in [0.4, 0.5) is 0 Å². The lowest BCUT2D eigenvalue weighted by atomic mass is 10.0. The van der Waals surface area contributed by atoms with E-state index in [1.54, 1.807) is 0 Å². The van der Waals surface area contributed by atoms with E-state index in [0.29, 0.717) is 19.3 Å². The molecule has 12 heteroatoms. The molecular weight excluding hydrogens is 781 g/mol. The van der Waals surface area contributed by atoms with Crippen LogP contribution in [0, 0.1) is 0 Å². The van der Waals surface area contributed by atoms with Gasteiger partial charge in [0.2, 0.25) is 0 Å². The molecule has 4 N–H and O–H groups in total. The van der Waals surface area contributed by atoms with Crippen LogP contribution in [0.3, 0.4) is 0 Å². The van der Waals surface area contributed by atoms with Crippen LogP contribution in [0.1, 0.15) is 194 Å². The fourth-order valence-corrected chi connectivity index (χ4v) is 6.94. The van der Waals surface area contributed by atoms with Crippen molar-refractivity contribution in [2.75, 3.05) is 19.8 Å². The first kappa shape index (κ1) is 57.2. The predicted octanol–water partition coefficient (Wildman–Crippen LogP) is 12.7. The largest absolute Gasteiger partial charge is 0.480 e. The van der Waals surface area contributed by atoms with Crippen molar-refractivity contribution >= 4 is 25.7 Å². The molecule has 0 spiro atoms. The van der Waals surface area contributed by atoms with Crippen LogP contribution in [-0.2, 0) is 37.5 Å². The summed E-state index contributed by atoms with van der Waals surface area (Å²) in [5.41, 5.74) is 5.34. The zero-order valence-electron chi connectivity index (χ0n) is 37.5. The average molecular weight is 866 g/mol. The molecule has 0 aromatic rings. The second-order valence-electron chi connectivity index (χ2n) is 15.5. The van der Waals surface area contributed by atoms with Crippen LogP contribution in [-0.4, -0.2) is 59.9 Å². The number of carboxylic acids is 1. The Kier molecular flexibility index (Phi) is 40.8. The van der Waals surface area contributed by atoms with E-state index in [1.165, 1.54) is 96.3 Å². The van der Waals surface area contributed by atoms with Crippen molar-refractivity contribution < 1.29 is 47.5 Å². The van der Waals surface area contributed by atoms with Crippen LogP contribution < -0.4 is 5.73 Å². The van der Waals surface area contributed by atoms with Gasteiger partial charge in [0.25, 0.3) is 0 Å². The highest BCUT2D eigenvalue weighted by Gasteiger charge is 2.28. The van der Waals surface area contributed by atoms with Gasteiger partial charge in [-0.3, -0.25) is 23.4 Å². The van der Waals surface area contributed by atoms with Crippen LogP contribution in [0.15, 0.2) is 60.8 Å². The lowest BCUT2D eigenvalue weighted by molar-refractivity contribution is -0.161. The lowest BCUT2D eigenvalue weighted by Gasteiger charge is -2.20. The molecule has 0 aliphatic heterocycles. The molecule has 11 nitrogen and oxygen atoms in total. The van der Waals surface area contributed by atoms with E-state index in [1.807, 2.05) is 12.2 Å². The Morgan fingerprint density at radius 3 is 1.38 bits per heavy atom. The van der Waals surface area contributed by atoms with Gasteiger partial charge in [-0.1, -0.05) is 190 Å². The van der Waals surface area contributed by atoms with Crippen LogP contribution in [0.2, 0.25) is 0 Å². The second kappa shape index (κ2) is 42.9. The number of aliphatic carboxylic acids is 1. The molecule has 0 saturated heterocycles. The quantitative estimate of drug-likeness (QED) is 0.0230. The molecule has 0 bridgehead atoms. The molecular formula is C48H84NO10P. The number of ether oxygens (including phenoxy) is 2. The van der Waals surface area contributed by atoms with E-state index >= 15 is 0 Å². The van der Waals surface area contributed by atoms with Crippen molar-refractivity contribution in [1.82, 2.24) is 0 Å². The Balaban J connectivity index is 4.38. The number of allylic oxidation sites excluding steroid dienone is 10. The van der Waals surface area contributed by atoms with Crippen molar-refractivity contribution in [3.63, 3.8) is 0 Å². The SMILES string of the molecule is CC/C=C/C/C=C/C/C=C/C/C=C/C/C=C/CCCC(=O)O[C@H](COC(=O)CCCCCCCCCCCCCCCCCCCCC)COP(=O)(O)OC[C@H](N)C(=O)O.